The van der Waals surface area contributed by atoms with E-state index >= 15 is 0 Å². The molecule has 2 aliphatic heterocycles. The molecule has 1 saturated carbocycles. The number of rotatable bonds is 0. The van der Waals surface area contributed by atoms with Gasteiger partial charge in [-0.2, -0.15) is 0 Å². The van der Waals surface area contributed by atoms with Gasteiger partial charge < -0.3 is 4.90 Å². The molecule has 0 spiro atoms. The molecule has 0 N–H and O–H groups in total. The third-order valence-corrected chi connectivity index (χ3v) is 4.05. The molecular weight excluding hydrogens is 158 g/mol. The highest BCUT2D eigenvalue weighted by Gasteiger charge is 2.41. The molecule has 1 nitrogen and oxygen atoms in total. The van der Waals surface area contributed by atoms with Crippen LogP contribution in [0.3, 0.4) is 0 Å². The maximum absolute atomic E-state index is 2.59. The standard InChI is InChI=1S/C10H19N.C2H6/c1-7-6-9-4-5-10(7)8(2)11(9)3;1-2/h7-10H,4-6H2,1-3H3;1-2H3. The van der Waals surface area contributed by atoms with E-state index in [1.165, 1.54) is 19.3 Å². The minimum Gasteiger partial charge on any atom is -0.300 e. The van der Waals surface area contributed by atoms with E-state index in [4.69, 9.17) is 0 Å². The van der Waals surface area contributed by atoms with Gasteiger partial charge in [-0.15, -0.1) is 0 Å². The van der Waals surface area contributed by atoms with Crippen molar-refractivity contribution in [3.05, 3.63) is 0 Å². The van der Waals surface area contributed by atoms with Crippen molar-refractivity contribution in [3.63, 3.8) is 0 Å². The molecule has 3 rings (SSSR count). The van der Waals surface area contributed by atoms with E-state index in [2.05, 4.69) is 25.8 Å². The van der Waals surface area contributed by atoms with Gasteiger partial charge in [-0.3, -0.25) is 0 Å². The van der Waals surface area contributed by atoms with Crippen molar-refractivity contribution in [1.82, 2.24) is 4.90 Å². The van der Waals surface area contributed by atoms with Crippen molar-refractivity contribution in [1.29, 1.82) is 0 Å². The van der Waals surface area contributed by atoms with Crippen molar-refractivity contribution in [2.45, 2.75) is 59.0 Å². The van der Waals surface area contributed by atoms with Gasteiger partial charge in [0.2, 0.25) is 0 Å². The second kappa shape index (κ2) is 4.45. The van der Waals surface area contributed by atoms with Crippen LogP contribution < -0.4 is 0 Å². The van der Waals surface area contributed by atoms with E-state index in [0.29, 0.717) is 0 Å². The van der Waals surface area contributed by atoms with Gasteiger partial charge in [-0.1, -0.05) is 20.8 Å². The molecule has 0 aromatic heterocycles. The van der Waals surface area contributed by atoms with Crippen LogP contribution in [0, 0.1) is 11.8 Å². The summed E-state index contributed by atoms with van der Waals surface area (Å²) in [7, 11) is 2.30. The summed E-state index contributed by atoms with van der Waals surface area (Å²) in [5, 5.41) is 0. The van der Waals surface area contributed by atoms with Crippen LogP contribution in [-0.2, 0) is 0 Å². The van der Waals surface area contributed by atoms with Crippen LogP contribution in [-0.4, -0.2) is 24.0 Å². The first kappa shape index (κ1) is 11.0. The molecule has 2 heterocycles. The van der Waals surface area contributed by atoms with E-state index in [1.54, 1.807) is 0 Å². The van der Waals surface area contributed by atoms with Crippen molar-refractivity contribution in [2.75, 3.05) is 7.05 Å². The van der Waals surface area contributed by atoms with Gasteiger partial charge in [-0.05, 0) is 45.1 Å². The van der Waals surface area contributed by atoms with Crippen LogP contribution in [0.1, 0.15) is 47.0 Å². The largest absolute Gasteiger partial charge is 0.300 e. The highest BCUT2D eigenvalue weighted by molar-refractivity contribution is 4.94. The molecule has 0 aromatic rings. The number of hydrogen-bond donors (Lipinski definition) is 0. The first-order valence-electron chi connectivity index (χ1n) is 5.92. The van der Waals surface area contributed by atoms with Gasteiger partial charge in [0.25, 0.3) is 0 Å². The maximum Gasteiger partial charge on any atom is 0.00979 e. The van der Waals surface area contributed by atoms with Crippen molar-refractivity contribution >= 4 is 0 Å². The zero-order valence-electron chi connectivity index (χ0n) is 9.88. The Labute approximate surface area is 83.5 Å². The van der Waals surface area contributed by atoms with Crippen LogP contribution in [0.2, 0.25) is 0 Å². The highest BCUT2D eigenvalue weighted by atomic mass is 15.2. The van der Waals surface area contributed by atoms with Gasteiger partial charge in [0.15, 0.2) is 0 Å². The number of piperidine rings is 2. The van der Waals surface area contributed by atoms with Gasteiger partial charge in [-0.25, -0.2) is 0 Å². The molecule has 4 unspecified atom stereocenters. The molecule has 1 aliphatic carbocycles. The normalized spacial score (nSPS) is 44.1. The molecule has 2 bridgehead atoms. The summed E-state index contributed by atoms with van der Waals surface area (Å²) < 4.78 is 0. The monoisotopic (exact) mass is 183 g/mol. The van der Waals surface area contributed by atoms with Crippen LogP contribution in [0.4, 0.5) is 0 Å². The lowest BCUT2D eigenvalue weighted by atomic mass is 9.69. The van der Waals surface area contributed by atoms with Gasteiger partial charge in [0.1, 0.15) is 0 Å². The third kappa shape index (κ3) is 1.90. The molecule has 3 fully saturated rings. The summed E-state index contributed by atoms with van der Waals surface area (Å²) in [4.78, 5) is 2.59. The Morgan fingerprint density at radius 3 is 2.08 bits per heavy atom. The minimum absolute atomic E-state index is 0.845. The molecule has 13 heavy (non-hydrogen) atoms. The van der Waals surface area contributed by atoms with E-state index < -0.39 is 0 Å². The molecule has 3 aliphatic rings. The summed E-state index contributed by atoms with van der Waals surface area (Å²) >= 11 is 0. The Bertz CT molecular complexity index is 153. The summed E-state index contributed by atoms with van der Waals surface area (Å²) in [6.45, 7) is 8.83. The second-order valence-corrected chi connectivity index (χ2v) is 4.51. The highest BCUT2D eigenvalue weighted by Crippen LogP contribution is 2.41. The SMILES string of the molecule is CC.CC1CC2CCC1C(C)N2C. The lowest BCUT2D eigenvalue weighted by Crippen LogP contribution is -2.54. The molecule has 4 atom stereocenters. The van der Waals surface area contributed by atoms with Crippen LogP contribution >= 0.6 is 0 Å². The van der Waals surface area contributed by atoms with Crippen LogP contribution in [0.5, 0.6) is 0 Å². The summed E-state index contributed by atoms with van der Waals surface area (Å²) in [5.41, 5.74) is 0. The molecule has 0 radical (unpaired) electrons. The Morgan fingerprint density at radius 1 is 1.08 bits per heavy atom. The third-order valence-electron chi connectivity index (χ3n) is 4.05. The van der Waals surface area contributed by atoms with Gasteiger partial charge in [0.05, 0.1) is 0 Å². The summed E-state index contributed by atoms with van der Waals surface area (Å²) in [5.74, 6) is 1.98. The molecule has 2 saturated heterocycles. The van der Waals surface area contributed by atoms with Gasteiger partial charge >= 0.3 is 0 Å². The lowest BCUT2D eigenvalue weighted by molar-refractivity contribution is -0.0181. The predicted molar refractivity (Wildman–Crippen MR) is 58.9 cm³/mol. The predicted octanol–water partition coefficient (Wildman–Crippen LogP) is 3.15. The summed E-state index contributed by atoms with van der Waals surface area (Å²) in [6, 6.07) is 1.75. The fraction of sp³-hybridized carbons (Fsp3) is 1.00. The smallest absolute Gasteiger partial charge is 0.00979 e. The fourth-order valence-electron chi connectivity index (χ4n) is 3.11. The summed E-state index contributed by atoms with van der Waals surface area (Å²) in [6.07, 6.45) is 4.39. The van der Waals surface area contributed by atoms with Crippen LogP contribution in [0.25, 0.3) is 0 Å². The number of fused-ring (bicyclic) bond motifs is 3. The first-order valence-corrected chi connectivity index (χ1v) is 5.92. The fourth-order valence-corrected chi connectivity index (χ4v) is 3.11. The topological polar surface area (TPSA) is 3.24 Å². The molecular formula is C12H25N. The Morgan fingerprint density at radius 2 is 1.69 bits per heavy atom. The number of nitrogens with zero attached hydrogens (tertiary/aromatic N) is 1. The number of hydrogen-bond acceptors (Lipinski definition) is 1. The second-order valence-electron chi connectivity index (χ2n) is 4.51. The van der Waals surface area contributed by atoms with E-state index in [-0.39, 0.29) is 0 Å². The minimum atomic E-state index is 0.845. The van der Waals surface area contributed by atoms with Crippen molar-refractivity contribution in [3.8, 4) is 0 Å². The lowest BCUT2D eigenvalue weighted by Gasteiger charge is -2.52. The quantitative estimate of drug-likeness (QED) is 0.557. The molecule has 0 aromatic carbocycles. The average molecular weight is 183 g/mol. The van der Waals surface area contributed by atoms with Crippen LogP contribution in [0.15, 0.2) is 0 Å². The van der Waals surface area contributed by atoms with E-state index in [0.717, 1.165) is 23.9 Å². The van der Waals surface area contributed by atoms with E-state index in [1.807, 2.05) is 13.8 Å². The Balaban J connectivity index is 0.000000396. The Hall–Kier alpha value is -0.0400. The van der Waals surface area contributed by atoms with Crippen molar-refractivity contribution < 1.29 is 0 Å². The van der Waals surface area contributed by atoms with E-state index in [9.17, 15) is 0 Å². The molecule has 78 valence electrons. The zero-order chi connectivity index (χ0) is 10.0. The first-order chi connectivity index (χ1) is 6.20. The molecule has 1 heteroatoms. The zero-order valence-corrected chi connectivity index (χ0v) is 9.88. The molecule has 0 amide bonds. The van der Waals surface area contributed by atoms with Crippen molar-refractivity contribution in [2.24, 2.45) is 11.8 Å². The maximum atomic E-state index is 2.59. The van der Waals surface area contributed by atoms with Gasteiger partial charge in [0, 0.05) is 12.1 Å². The Kier molecular flexibility index (Phi) is 3.78. The average Bonchev–Trinajstić information content (AvgIpc) is 2.16.